The standard InChI is InChI=1S/C17H38P/c1-5-9-11-12-13-15-17-18(7-3,8-4)16-14-10-6-2/h5-17H2,1-4H3/q+1. The molecule has 110 valence electrons. The number of rotatable bonds is 13. The smallest absolute Gasteiger partial charge is 0.0594 e. The first-order valence-electron chi connectivity index (χ1n) is 8.59. The van der Waals surface area contributed by atoms with E-state index in [2.05, 4.69) is 27.7 Å². The summed E-state index contributed by atoms with van der Waals surface area (Å²) in [5, 5.41) is 0. The Balaban J connectivity index is 3.79. The molecule has 0 amide bonds. The Hall–Kier alpha value is 0.430. The van der Waals surface area contributed by atoms with Crippen molar-refractivity contribution in [3.8, 4) is 0 Å². The van der Waals surface area contributed by atoms with E-state index in [9.17, 15) is 0 Å². The van der Waals surface area contributed by atoms with Crippen molar-refractivity contribution in [2.45, 2.75) is 85.5 Å². The minimum absolute atomic E-state index is 0.543. The van der Waals surface area contributed by atoms with Crippen LogP contribution >= 0.6 is 7.26 Å². The molecular weight excluding hydrogens is 235 g/mol. The molecule has 0 aromatic heterocycles. The second-order valence-corrected chi connectivity index (χ2v) is 10.7. The van der Waals surface area contributed by atoms with Crippen LogP contribution in [0.3, 0.4) is 0 Å². The van der Waals surface area contributed by atoms with Gasteiger partial charge in [-0.1, -0.05) is 52.4 Å². The molecule has 0 aromatic rings. The summed E-state index contributed by atoms with van der Waals surface area (Å²) in [4.78, 5) is 0. The lowest BCUT2D eigenvalue weighted by Gasteiger charge is -2.25. The highest BCUT2D eigenvalue weighted by atomic mass is 31.2. The Morgan fingerprint density at radius 3 is 1.39 bits per heavy atom. The van der Waals surface area contributed by atoms with Gasteiger partial charge in [0.15, 0.2) is 0 Å². The topological polar surface area (TPSA) is 0 Å². The van der Waals surface area contributed by atoms with Gasteiger partial charge in [0.1, 0.15) is 0 Å². The second-order valence-electron chi connectivity index (χ2n) is 5.90. The van der Waals surface area contributed by atoms with Crippen LogP contribution < -0.4 is 0 Å². The van der Waals surface area contributed by atoms with Crippen LogP contribution in [0, 0.1) is 0 Å². The summed E-state index contributed by atoms with van der Waals surface area (Å²) >= 11 is 0. The van der Waals surface area contributed by atoms with Crippen molar-refractivity contribution >= 4 is 7.26 Å². The normalized spacial score (nSPS) is 12.0. The third-order valence-corrected chi connectivity index (χ3v) is 9.78. The zero-order chi connectivity index (χ0) is 13.7. The Morgan fingerprint density at radius 1 is 0.500 bits per heavy atom. The maximum Gasteiger partial charge on any atom is 0.0594 e. The molecule has 0 aliphatic rings. The van der Waals surface area contributed by atoms with Crippen LogP contribution in [0.15, 0.2) is 0 Å². The van der Waals surface area contributed by atoms with Crippen LogP contribution in [-0.4, -0.2) is 24.6 Å². The van der Waals surface area contributed by atoms with Gasteiger partial charge < -0.3 is 0 Å². The summed E-state index contributed by atoms with van der Waals surface area (Å²) < 4.78 is 0. The van der Waals surface area contributed by atoms with E-state index in [0.717, 1.165) is 0 Å². The SMILES string of the molecule is CCCCCCCC[P+](CC)(CC)CCCCC. The summed E-state index contributed by atoms with van der Waals surface area (Å²) in [6, 6.07) is 0. The van der Waals surface area contributed by atoms with Crippen molar-refractivity contribution in [1.82, 2.24) is 0 Å². The average Bonchev–Trinajstić information content (AvgIpc) is 2.41. The molecule has 0 N–H and O–H groups in total. The molecule has 0 fully saturated rings. The fourth-order valence-electron chi connectivity index (χ4n) is 2.89. The fourth-order valence-corrected chi connectivity index (χ4v) is 6.62. The molecule has 0 bridgehead atoms. The zero-order valence-electron chi connectivity index (χ0n) is 13.6. The van der Waals surface area contributed by atoms with E-state index in [1.165, 1.54) is 70.1 Å². The van der Waals surface area contributed by atoms with Crippen molar-refractivity contribution in [1.29, 1.82) is 0 Å². The molecule has 0 radical (unpaired) electrons. The molecular formula is C17H38P+. The van der Waals surface area contributed by atoms with E-state index in [1.807, 2.05) is 0 Å². The predicted octanol–water partition coefficient (Wildman–Crippen LogP) is 6.59. The molecule has 0 unspecified atom stereocenters. The van der Waals surface area contributed by atoms with Gasteiger partial charge in [-0.3, -0.25) is 0 Å². The fraction of sp³-hybridized carbons (Fsp3) is 1.00. The lowest BCUT2D eigenvalue weighted by Crippen LogP contribution is -2.09. The average molecular weight is 273 g/mol. The minimum Gasteiger partial charge on any atom is -0.0654 e. The molecule has 0 rings (SSSR count). The summed E-state index contributed by atoms with van der Waals surface area (Å²) in [7, 11) is -0.543. The van der Waals surface area contributed by atoms with Gasteiger partial charge in [0.25, 0.3) is 0 Å². The van der Waals surface area contributed by atoms with E-state index in [4.69, 9.17) is 0 Å². The lowest BCUT2D eigenvalue weighted by atomic mass is 10.1. The molecule has 1 heteroatoms. The van der Waals surface area contributed by atoms with Gasteiger partial charge in [-0.25, -0.2) is 0 Å². The Morgan fingerprint density at radius 2 is 0.889 bits per heavy atom. The summed E-state index contributed by atoms with van der Waals surface area (Å²) in [5.74, 6) is 0. The zero-order valence-corrected chi connectivity index (χ0v) is 14.5. The van der Waals surface area contributed by atoms with Crippen LogP contribution in [-0.2, 0) is 0 Å². The molecule has 0 aliphatic heterocycles. The molecule has 0 spiro atoms. The Bertz CT molecular complexity index is 161. The van der Waals surface area contributed by atoms with Crippen molar-refractivity contribution in [2.24, 2.45) is 0 Å². The first-order chi connectivity index (χ1) is 8.74. The highest BCUT2D eigenvalue weighted by Gasteiger charge is 2.31. The van der Waals surface area contributed by atoms with E-state index < -0.39 is 7.26 Å². The van der Waals surface area contributed by atoms with E-state index in [1.54, 1.807) is 12.3 Å². The quantitative estimate of drug-likeness (QED) is 0.262. The van der Waals surface area contributed by atoms with Gasteiger partial charge in [0.2, 0.25) is 0 Å². The van der Waals surface area contributed by atoms with Crippen LogP contribution in [0.2, 0.25) is 0 Å². The Labute approximate surface area is 118 Å². The molecule has 0 nitrogen and oxygen atoms in total. The van der Waals surface area contributed by atoms with Gasteiger partial charge >= 0.3 is 0 Å². The summed E-state index contributed by atoms with van der Waals surface area (Å²) in [6.45, 7) is 9.55. The lowest BCUT2D eigenvalue weighted by molar-refractivity contribution is 0.625. The number of hydrogen-bond donors (Lipinski definition) is 0. The van der Waals surface area contributed by atoms with Gasteiger partial charge in [-0.2, -0.15) is 0 Å². The maximum atomic E-state index is 2.46. The van der Waals surface area contributed by atoms with Crippen LogP contribution in [0.25, 0.3) is 0 Å². The van der Waals surface area contributed by atoms with Crippen LogP contribution in [0.1, 0.15) is 85.5 Å². The number of unbranched alkanes of at least 4 members (excludes halogenated alkanes) is 7. The van der Waals surface area contributed by atoms with Crippen molar-refractivity contribution in [3.05, 3.63) is 0 Å². The third kappa shape index (κ3) is 8.52. The molecule has 18 heavy (non-hydrogen) atoms. The number of hydrogen-bond acceptors (Lipinski definition) is 0. The molecule has 0 atom stereocenters. The largest absolute Gasteiger partial charge is 0.0654 e. The maximum absolute atomic E-state index is 2.46. The van der Waals surface area contributed by atoms with Gasteiger partial charge in [0.05, 0.1) is 24.6 Å². The van der Waals surface area contributed by atoms with E-state index >= 15 is 0 Å². The second kappa shape index (κ2) is 12.5. The summed E-state index contributed by atoms with van der Waals surface area (Å²) in [6.07, 6.45) is 19.3. The van der Waals surface area contributed by atoms with E-state index in [0.29, 0.717) is 0 Å². The Kier molecular flexibility index (Phi) is 12.8. The molecule has 0 aromatic carbocycles. The van der Waals surface area contributed by atoms with Gasteiger partial charge in [-0.05, 0) is 33.1 Å². The van der Waals surface area contributed by atoms with Crippen LogP contribution in [0.5, 0.6) is 0 Å². The van der Waals surface area contributed by atoms with Crippen molar-refractivity contribution < 1.29 is 0 Å². The van der Waals surface area contributed by atoms with E-state index in [-0.39, 0.29) is 0 Å². The van der Waals surface area contributed by atoms with Crippen molar-refractivity contribution in [3.63, 3.8) is 0 Å². The molecule has 0 aliphatic carbocycles. The minimum atomic E-state index is -0.543. The first kappa shape index (κ1) is 18.4. The third-order valence-electron chi connectivity index (χ3n) is 4.56. The van der Waals surface area contributed by atoms with Crippen molar-refractivity contribution in [2.75, 3.05) is 24.6 Å². The van der Waals surface area contributed by atoms with Crippen LogP contribution in [0.4, 0.5) is 0 Å². The molecule has 0 saturated heterocycles. The molecule has 0 saturated carbocycles. The van der Waals surface area contributed by atoms with Gasteiger partial charge in [0, 0.05) is 7.26 Å². The first-order valence-corrected chi connectivity index (χ1v) is 11.1. The highest BCUT2D eigenvalue weighted by molar-refractivity contribution is 7.75. The predicted molar refractivity (Wildman–Crippen MR) is 90.6 cm³/mol. The highest BCUT2D eigenvalue weighted by Crippen LogP contribution is 2.59. The monoisotopic (exact) mass is 273 g/mol. The summed E-state index contributed by atoms with van der Waals surface area (Å²) in [5.41, 5.74) is 0. The van der Waals surface area contributed by atoms with Gasteiger partial charge in [-0.15, -0.1) is 0 Å². The molecule has 0 heterocycles.